The number of aliphatic hydroxyl groups is 1. The molecule has 1 unspecified atom stereocenters. The van der Waals surface area contributed by atoms with E-state index < -0.39 is 12.0 Å². The van der Waals surface area contributed by atoms with Crippen molar-refractivity contribution in [2.24, 2.45) is 0 Å². The molecule has 5 nitrogen and oxygen atoms in total. The smallest absolute Gasteiger partial charge is 0.257 e. The number of ether oxygens (including phenoxy) is 1. The minimum atomic E-state index is -1.25. The molecule has 0 aromatic heterocycles. The van der Waals surface area contributed by atoms with E-state index in [4.69, 9.17) is 10.5 Å². The maximum absolute atomic E-state index is 12.0. The van der Waals surface area contributed by atoms with Crippen LogP contribution < -0.4 is 15.8 Å². The Bertz CT molecular complexity index is 599. The summed E-state index contributed by atoms with van der Waals surface area (Å²) < 4.78 is 5.07. The fraction of sp³-hybridized carbons (Fsp3) is 0.133. The van der Waals surface area contributed by atoms with Crippen molar-refractivity contribution >= 4 is 17.3 Å². The molecule has 0 heterocycles. The maximum atomic E-state index is 12.0. The van der Waals surface area contributed by atoms with Crippen LogP contribution >= 0.6 is 0 Å². The Kier molecular flexibility index (Phi) is 4.22. The lowest BCUT2D eigenvalue weighted by Crippen LogP contribution is -2.21. The third-order valence-corrected chi connectivity index (χ3v) is 2.88. The van der Waals surface area contributed by atoms with Crippen molar-refractivity contribution in [1.29, 1.82) is 0 Å². The van der Waals surface area contributed by atoms with Gasteiger partial charge >= 0.3 is 0 Å². The highest BCUT2D eigenvalue weighted by Gasteiger charge is 2.18. The summed E-state index contributed by atoms with van der Waals surface area (Å²) in [5, 5.41) is 12.6. The van der Waals surface area contributed by atoms with Crippen LogP contribution in [0.2, 0.25) is 0 Å². The summed E-state index contributed by atoms with van der Waals surface area (Å²) in [6.45, 7) is 0. The molecule has 0 aliphatic carbocycles. The first kappa shape index (κ1) is 13.9. The molecule has 1 amide bonds. The minimum Gasteiger partial charge on any atom is -0.497 e. The quantitative estimate of drug-likeness (QED) is 0.743. The van der Waals surface area contributed by atoms with Crippen LogP contribution in [-0.2, 0) is 4.79 Å². The Morgan fingerprint density at radius 3 is 2.60 bits per heavy atom. The molecular weight excluding hydrogens is 256 g/mol. The van der Waals surface area contributed by atoms with Crippen LogP contribution in [0.1, 0.15) is 11.7 Å². The van der Waals surface area contributed by atoms with Crippen LogP contribution in [-0.4, -0.2) is 18.1 Å². The van der Waals surface area contributed by atoms with E-state index in [0.29, 0.717) is 22.7 Å². The summed E-state index contributed by atoms with van der Waals surface area (Å²) >= 11 is 0. The van der Waals surface area contributed by atoms with E-state index in [1.807, 2.05) is 6.07 Å². The number of aliphatic hydroxyl groups excluding tert-OH is 1. The van der Waals surface area contributed by atoms with E-state index in [1.165, 1.54) is 7.11 Å². The van der Waals surface area contributed by atoms with Crippen molar-refractivity contribution in [3.8, 4) is 5.75 Å². The van der Waals surface area contributed by atoms with Gasteiger partial charge in [-0.2, -0.15) is 0 Å². The monoisotopic (exact) mass is 272 g/mol. The van der Waals surface area contributed by atoms with Gasteiger partial charge in [0.2, 0.25) is 0 Å². The topological polar surface area (TPSA) is 84.6 Å². The number of rotatable bonds is 4. The van der Waals surface area contributed by atoms with Crippen molar-refractivity contribution in [2.45, 2.75) is 6.10 Å². The standard InChI is InChI=1S/C15H16N2O3/c1-20-11-7-8-12(16)13(9-11)17-15(19)14(18)10-5-3-2-4-6-10/h2-9,14,18H,16H2,1H3,(H,17,19). The molecule has 4 N–H and O–H groups in total. The third kappa shape index (κ3) is 3.07. The first-order valence-electron chi connectivity index (χ1n) is 6.09. The first-order chi connectivity index (χ1) is 9.61. The Morgan fingerprint density at radius 1 is 1.25 bits per heavy atom. The Labute approximate surface area is 117 Å². The molecule has 0 bridgehead atoms. The van der Waals surface area contributed by atoms with E-state index in [9.17, 15) is 9.90 Å². The van der Waals surface area contributed by atoms with Gasteiger partial charge in [0.15, 0.2) is 6.10 Å². The van der Waals surface area contributed by atoms with Crippen LogP contribution in [0.4, 0.5) is 11.4 Å². The number of methoxy groups -OCH3 is 1. The second-order valence-electron chi connectivity index (χ2n) is 4.26. The summed E-state index contributed by atoms with van der Waals surface area (Å²) in [4.78, 5) is 12.0. The lowest BCUT2D eigenvalue weighted by Gasteiger charge is -2.13. The van der Waals surface area contributed by atoms with Crippen LogP contribution in [0.25, 0.3) is 0 Å². The van der Waals surface area contributed by atoms with Crippen molar-refractivity contribution in [3.63, 3.8) is 0 Å². The number of hydrogen-bond donors (Lipinski definition) is 3. The predicted molar refractivity (Wildman–Crippen MR) is 77.4 cm³/mol. The lowest BCUT2D eigenvalue weighted by molar-refractivity contribution is -0.124. The third-order valence-electron chi connectivity index (χ3n) is 2.88. The van der Waals surface area contributed by atoms with Gasteiger partial charge in [-0.25, -0.2) is 0 Å². The van der Waals surface area contributed by atoms with Gasteiger partial charge < -0.3 is 20.9 Å². The van der Waals surface area contributed by atoms with Gasteiger partial charge in [-0.15, -0.1) is 0 Å². The van der Waals surface area contributed by atoms with E-state index in [1.54, 1.807) is 42.5 Å². The highest BCUT2D eigenvalue weighted by Crippen LogP contribution is 2.25. The van der Waals surface area contributed by atoms with Gasteiger partial charge in [-0.1, -0.05) is 30.3 Å². The predicted octanol–water partition coefficient (Wildman–Crippen LogP) is 1.95. The molecule has 5 heteroatoms. The molecule has 20 heavy (non-hydrogen) atoms. The number of benzene rings is 2. The normalized spacial score (nSPS) is 11.7. The van der Waals surface area contributed by atoms with Crippen molar-refractivity contribution in [1.82, 2.24) is 0 Å². The van der Waals surface area contributed by atoms with Crippen LogP contribution in [0.15, 0.2) is 48.5 Å². The zero-order chi connectivity index (χ0) is 14.5. The average Bonchev–Trinajstić information content (AvgIpc) is 2.49. The zero-order valence-electron chi connectivity index (χ0n) is 11.0. The number of carbonyl (C=O) groups excluding carboxylic acids is 1. The molecule has 0 saturated carbocycles. The summed E-state index contributed by atoms with van der Waals surface area (Å²) in [6.07, 6.45) is -1.25. The molecule has 2 aromatic carbocycles. The van der Waals surface area contributed by atoms with Crippen molar-refractivity contribution in [3.05, 3.63) is 54.1 Å². The molecule has 1 atom stereocenters. The number of hydrogen-bond acceptors (Lipinski definition) is 4. The largest absolute Gasteiger partial charge is 0.497 e. The van der Waals surface area contributed by atoms with Crippen molar-refractivity contribution < 1.29 is 14.6 Å². The second-order valence-corrected chi connectivity index (χ2v) is 4.26. The van der Waals surface area contributed by atoms with Gasteiger partial charge in [0, 0.05) is 6.07 Å². The fourth-order valence-corrected chi connectivity index (χ4v) is 1.76. The van der Waals surface area contributed by atoms with Crippen LogP contribution in [0.3, 0.4) is 0 Å². The second kappa shape index (κ2) is 6.08. The van der Waals surface area contributed by atoms with Gasteiger partial charge in [0.05, 0.1) is 18.5 Å². The number of amides is 1. The van der Waals surface area contributed by atoms with Gasteiger partial charge in [-0.3, -0.25) is 4.79 Å². The summed E-state index contributed by atoms with van der Waals surface area (Å²) in [5.74, 6) is 0.0276. The Balaban J connectivity index is 2.15. The average molecular weight is 272 g/mol. The van der Waals surface area contributed by atoms with Crippen LogP contribution in [0, 0.1) is 0 Å². The van der Waals surface area contributed by atoms with Gasteiger partial charge in [-0.05, 0) is 17.7 Å². The SMILES string of the molecule is COc1ccc(N)c(NC(=O)C(O)c2ccccc2)c1. The highest BCUT2D eigenvalue weighted by atomic mass is 16.5. The van der Waals surface area contributed by atoms with Gasteiger partial charge in [0.25, 0.3) is 5.91 Å². The number of nitrogens with two attached hydrogens (primary N) is 1. The lowest BCUT2D eigenvalue weighted by atomic mass is 10.1. The van der Waals surface area contributed by atoms with E-state index >= 15 is 0 Å². The summed E-state index contributed by atoms with van der Waals surface area (Å²) in [7, 11) is 1.52. The van der Waals surface area contributed by atoms with Gasteiger partial charge in [0.1, 0.15) is 5.75 Å². The molecule has 0 spiro atoms. The molecule has 104 valence electrons. The molecule has 2 aromatic rings. The number of carbonyl (C=O) groups is 1. The molecule has 0 radical (unpaired) electrons. The zero-order valence-corrected chi connectivity index (χ0v) is 11.0. The first-order valence-corrected chi connectivity index (χ1v) is 6.09. The number of nitrogens with one attached hydrogen (secondary N) is 1. The molecule has 0 fully saturated rings. The van der Waals surface area contributed by atoms with Crippen molar-refractivity contribution in [2.75, 3.05) is 18.2 Å². The molecule has 2 rings (SSSR count). The van der Waals surface area contributed by atoms with E-state index in [2.05, 4.69) is 5.32 Å². The number of anilines is 2. The van der Waals surface area contributed by atoms with E-state index in [-0.39, 0.29) is 0 Å². The molecule has 0 saturated heterocycles. The molecule has 0 aliphatic heterocycles. The number of nitrogen functional groups attached to an aromatic ring is 1. The van der Waals surface area contributed by atoms with Crippen LogP contribution in [0.5, 0.6) is 5.75 Å². The highest BCUT2D eigenvalue weighted by molar-refractivity contribution is 5.97. The Hall–Kier alpha value is -2.53. The fourth-order valence-electron chi connectivity index (χ4n) is 1.76. The maximum Gasteiger partial charge on any atom is 0.257 e. The minimum absolute atomic E-state index is 0.402. The van der Waals surface area contributed by atoms with E-state index in [0.717, 1.165) is 0 Å². The molecular formula is C15H16N2O3. The summed E-state index contributed by atoms with van der Waals surface area (Å²) in [5.41, 5.74) is 7.11. The Morgan fingerprint density at radius 2 is 1.95 bits per heavy atom. The molecule has 0 aliphatic rings. The summed E-state index contributed by atoms with van der Waals surface area (Å²) in [6, 6.07) is 13.6.